The third-order valence-electron chi connectivity index (χ3n) is 4.69. The zero-order valence-electron chi connectivity index (χ0n) is 16.7. The monoisotopic (exact) mass is 884 g/mol. The van der Waals surface area contributed by atoms with E-state index < -0.39 is 42.3 Å². The Morgan fingerprint density at radius 2 is 1.41 bits per heavy atom. The van der Waals surface area contributed by atoms with Crippen LogP contribution < -0.4 is 5.32 Å². The number of imide groups is 1. The lowest BCUT2D eigenvalue weighted by Gasteiger charge is -2.27. The first-order valence-corrected chi connectivity index (χ1v) is 13.6. The van der Waals surface area contributed by atoms with Crippen molar-refractivity contribution in [1.82, 2.24) is 4.90 Å². The summed E-state index contributed by atoms with van der Waals surface area (Å²) in [5.74, 6) is -2.76. The number of hydrogen-bond acceptors (Lipinski definition) is 5. The van der Waals surface area contributed by atoms with E-state index in [-0.39, 0.29) is 0 Å². The fourth-order valence-electron chi connectivity index (χ4n) is 3.24. The van der Waals surface area contributed by atoms with Gasteiger partial charge in [-0.05, 0) is 108 Å². The molecule has 168 valence electrons. The second-order valence-electron chi connectivity index (χ2n) is 7.20. The molecule has 7 nitrogen and oxygen atoms in total. The Morgan fingerprint density at radius 1 is 0.906 bits per heavy atom. The molecule has 0 aliphatic carbocycles. The molecule has 2 aromatic rings. The van der Waals surface area contributed by atoms with Crippen LogP contribution in [0.25, 0.3) is 0 Å². The van der Waals surface area contributed by atoms with E-state index in [1.165, 1.54) is 0 Å². The predicted molar refractivity (Wildman–Crippen MR) is 152 cm³/mol. The van der Waals surface area contributed by atoms with Gasteiger partial charge >= 0.3 is 5.97 Å². The van der Waals surface area contributed by atoms with Crippen LogP contribution in [0.1, 0.15) is 34.6 Å². The van der Waals surface area contributed by atoms with Gasteiger partial charge in [-0.1, -0.05) is 32.0 Å². The molecule has 0 fully saturated rings. The molecule has 3 amide bonds. The van der Waals surface area contributed by atoms with Crippen molar-refractivity contribution >= 4 is 120 Å². The highest BCUT2D eigenvalue weighted by atomic mass is 127. The number of carbonyl (C=O) groups is 4. The maximum Gasteiger partial charge on any atom is 0.330 e. The molecular weight excluding hydrogens is 868 g/mol. The average molecular weight is 884 g/mol. The Bertz CT molecular complexity index is 1070. The summed E-state index contributed by atoms with van der Waals surface area (Å²) in [6.45, 7) is 2.93. The topological polar surface area (TPSA) is 92.8 Å². The van der Waals surface area contributed by atoms with E-state index >= 15 is 0 Å². The number of amides is 3. The molecule has 0 radical (unpaired) electrons. The minimum atomic E-state index is -1.14. The van der Waals surface area contributed by atoms with Crippen LogP contribution >= 0.6 is 90.4 Å². The third-order valence-corrected chi connectivity index (χ3v) is 12.1. The molecule has 0 bridgehead atoms. The number of nitrogens with one attached hydrogen (secondary N) is 1. The number of halogens is 4. The largest absolute Gasteiger partial charge is 0.454 e. The smallest absolute Gasteiger partial charge is 0.330 e. The molecule has 1 unspecified atom stereocenters. The van der Waals surface area contributed by atoms with E-state index in [9.17, 15) is 19.2 Å². The summed E-state index contributed by atoms with van der Waals surface area (Å²) in [7, 11) is 0. The zero-order valence-corrected chi connectivity index (χ0v) is 25.4. The number of benzene rings is 2. The third kappa shape index (κ3) is 5.08. The normalized spacial score (nSPS) is 13.9. The molecule has 0 aromatic heterocycles. The molecule has 1 aliphatic heterocycles. The average Bonchev–Trinajstić information content (AvgIpc) is 3.00. The molecular formula is C21H16I4N2O5. The first kappa shape index (κ1) is 26.1. The van der Waals surface area contributed by atoms with E-state index in [1.54, 1.807) is 38.1 Å². The maximum atomic E-state index is 13.3. The number of esters is 1. The van der Waals surface area contributed by atoms with Gasteiger partial charge in [0.1, 0.15) is 6.04 Å². The van der Waals surface area contributed by atoms with Gasteiger partial charge in [-0.15, -0.1) is 0 Å². The molecule has 2 aromatic carbocycles. The number of ether oxygens (including phenoxy) is 1. The van der Waals surface area contributed by atoms with Crippen LogP contribution in [0, 0.1) is 20.2 Å². The summed E-state index contributed by atoms with van der Waals surface area (Å²) in [6, 6.07) is 7.63. The molecule has 0 spiro atoms. The summed E-state index contributed by atoms with van der Waals surface area (Å²) >= 11 is 8.41. The lowest BCUT2D eigenvalue weighted by molar-refractivity contribution is -0.152. The second-order valence-corrected chi connectivity index (χ2v) is 11.5. The minimum Gasteiger partial charge on any atom is -0.454 e. The van der Waals surface area contributed by atoms with Gasteiger partial charge in [0.05, 0.1) is 11.1 Å². The molecule has 0 saturated carbocycles. The number of nitrogens with zero attached hydrogens (tertiary/aromatic N) is 1. The Balaban J connectivity index is 1.82. The van der Waals surface area contributed by atoms with E-state index in [0.29, 0.717) is 24.0 Å². The highest BCUT2D eigenvalue weighted by Crippen LogP contribution is 2.39. The highest BCUT2D eigenvalue weighted by molar-refractivity contribution is 14.1. The molecule has 32 heavy (non-hydrogen) atoms. The standard InChI is InChI=1S/C21H16I4N2O5/c1-9(2)18(21(31)32-8-11(28)26-10-6-4-3-5-7-10)27-19(29)12-13(20(27)30)15(23)17(25)16(24)14(12)22/h3-7,9,18H,8H2,1-2H3,(H,26,28). The van der Waals surface area contributed by atoms with E-state index in [4.69, 9.17) is 4.74 Å². The van der Waals surface area contributed by atoms with Crippen molar-refractivity contribution in [3.8, 4) is 0 Å². The van der Waals surface area contributed by atoms with E-state index in [2.05, 4.69) is 95.7 Å². The maximum absolute atomic E-state index is 13.3. The fraction of sp³-hybridized carbons (Fsp3) is 0.238. The highest BCUT2D eigenvalue weighted by Gasteiger charge is 2.47. The molecule has 1 N–H and O–H groups in total. The van der Waals surface area contributed by atoms with Gasteiger partial charge in [0.15, 0.2) is 6.61 Å². The molecule has 1 heterocycles. The first-order chi connectivity index (χ1) is 15.1. The first-order valence-electron chi connectivity index (χ1n) is 9.31. The summed E-state index contributed by atoms with van der Waals surface area (Å²) in [5.41, 5.74) is 1.19. The van der Waals surface area contributed by atoms with Gasteiger partial charge in [0.25, 0.3) is 17.7 Å². The van der Waals surface area contributed by atoms with Crippen LogP contribution in [0.3, 0.4) is 0 Å². The van der Waals surface area contributed by atoms with Crippen LogP contribution in [0.4, 0.5) is 5.69 Å². The minimum absolute atomic E-state index is 0.310. The van der Waals surface area contributed by atoms with Crippen molar-refractivity contribution in [2.24, 2.45) is 5.92 Å². The number of para-hydroxylation sites is 1. The summed E-state index contributed by atoms with van der Waals surface area (Å²) in [5, 5.41) is 2.63. The van der Waals surface area contributed by atoms with Crippen molar-refractivity contribution in [2.45, 2.75) is 19.9 Å². The number of fused-ring (bicyclic) bond motifs is 1. The van der Waals surface area contributed by atoms with Gasteiger partial charge in [-0.3, -0.25) is 19.3 Å². The van der Waals surface area contributed by atoms with Crippen molar-refractivity contribution in [3.05, 3.63) is 55.7 Å². The fourth-order valence-corrected chi connectivity index (χ4v) is 6.89. The molecule has 1 aliphatic rings. The predicted octanol–water partition coefficient (Wildman–Crippen LogP) is 4.91. The van der Waals surface area contributed by atoms with Gasteiger partial charge in [0, 0.05) is 20.0 Å². The number of rotatable bonds is 6. The van der Waals surface area contributed by atoms with Crippen LogP contribution in [-0.4, -0.2) is 41.2 Å². The van der Waals surface area contributed by atoms with Crippen molar-refractivity contribution in [2.75, 3.05) is 11.9 Å². The van der Waals surface area contributed by atoms with Gasteiger partial charge in [-0.25, -0.2) is 4.79 Å². The molecule has 11 heteroatoms. The second kappa shape index (κ2) is 10.8. The number of anilines is 1. The van der Waals surface area contributed by atoms with Crippen LogP contribution in [0.5, 0.6) is 0 Å². The van der Waals surface area contributed by atoms with Crippen LogP contribution in [0.2, 0.25) is 0 Å². The number of hydrogen-bond donors (Lipinski definition) is 1. The van der Waals surface area contributed by atoms with Gasteiger partial charge < -0.3 is 10.1 Å². The van der Waals surface area contributed by atoms with Crippen molar-refractivity contribution in [1.29, 1.82) is 0 Å². The van der Waals surface area contributed by atoms with E-state index in [0.717, 1.165) is 12.0 Å². The summed E-state index contributed by atoms with van der Waals surface area (Å²) in [4.78, 5) is 52.6. The Labute approximate surface area is 239 Å². The quantitative estimate of drug-likeness (QED) is 0.147. The molecule has 3 rings (SSSR count). The molecule has 0 saturated heterocycles. The lowest BCUT2D eigenvalue weighted by atomic mass is 10.0. The summed E-state index contributed by atoms with van der Waals surface area (Å²) < 4.78 is 8.35. The van der Waals surface area contributed by atoms with Crippen LogP contribution in [0.15, 0.2) is 30.3 Å². The van der Waals surface area contributed by atoms with E-state index in [1.807, 2.05) is 6.07 Å². The van der Waals surface area contributed by atoms with Crippen LogP contribution in [-0.2, 0) is 14.3 Å². The van der Waals surface area contributed by atoms with Gasteiger partial charge in [-0.2, -0.15) is 0 Å². The Morgan fingerprint density at radius 3 is 1.88 bits per heavy atom. The Kier molecular flexibility index (Phi) is 8.79. The lowest BCUT2D eigenvalue weighted by Crippen LogP contribution is -2.49. The summed E-state index contributed by atoms with van der Waals surface area (Å²) in [6.07, 6.45) is 0. The van der Waals surface area contributed by atoms with Crippen molar-refractivity contribution < 1.29 is 23.9 Å². The van der Waals surface area contributed by atoms with Gasteiger partial charge in [0.2, 0.25) is 0 Å². The van der Waals surface area contributed by atoms with Crippen molar-refractivity contribution in [3.63, 3.8) is 0 Å². The number of carbonyl (C=O) groups excluding carboxylic acids is 4. The zero-order chi connectivity index (χ0) is 23.7. The Hall–Kier alpha value is -0.560. The SMILES string of the molecule is CC(C)C(C(=O)OCC(=O)Nc1ccccc1)N1C(=O)c2c(I)c(I)c(I)c(I)c2C1=O. The molecule has 1 atom stereocenters.